The number of alkyl halides is 2. The zero-order valence-corrected chi connectivity index (χ0v) is 6.95. The predicted octanol–water partition coefficient (Wildman–Crippen LogP) is 1.10. The second-order valence-corrected chi connectivity index (χ2v) is 3.48. The Hall–Kier alpha value is 0.0500. The molecule has 58 valence electrons. The summed E-state index contributed by atoms with van der Waals surface area (Å²) in [7, 11) is 0. The molecule has 0 aromatic rings. The van der Waals surface area contributed by atoms with Gasteiger partial charge in [-0.1, -0.05) is 0 Å². The number of hydrogen-bond acceptors (Lipinski definition) is 1. The molecule has 0 aromatic heterocycles. The van der Waals surface area contributed by atoms with Gasteiger partial charge in [-0.2, -0.15) is 0 Å². The Balaban J connectivity index is 2.60. The zero-order valence-electron chi connectivity index (χ0n) is 5.44. The van der Waals surface area contributed by atoms with Gasteiger partial charge in [-0.3, -0.25) is 4.79 Å². The largest absolute Gasteiger partial charge is 0.369 e. The Bertz CT molecular complexity index is 156. The summed E-state index contributed by atoms with van der Waals surface area (Å²) >= 11 is 11.3. The van der Waals surface area contributed by atoms with Crippen molar-refractivity contribution in [1.29, 1.82) is 0 Å². The zero-order chi connectivity index (χ0) is 7.78. The van der Waals surface area contributed by atoms with Gasteiger partial charge in [0.25, 0.3) is 0 Å². The molecule has 0 saturated heterocycles. The summed E-state index contributed by atoms with van der Waals surface area (Å²) in [5.74, 6) is -0.0158. The van der Waals surface area contributed by atoms with E-state index >= 15 is 0 Å². The lowest BCUT2D eigenvalue weighted by Crippen LogP contribution is -2.33. The highest BCUT2D eigenvalue weighted by Crippen LogP contribution is 2.50. The lowest BCUT2D eigenvalue weighted by Gasteiger charge is -2.14. The summed E-state index contributed by atoms with van der Waals surface area (Å²) in [5, 5.41) is -0.285. The lowest BCUT2D eigenvalue weighted by molar-refractivity contribution is -0.122. The molecule has 10 heavy (non-hydrogen) atoms. The highest BCUT2D eigenvalue weighted by molar-refractivity contribution is 6.29. The quantitative estimate of drug-likeness (QED) is 0.652. The van der Waals surface area contributed by atoms with Crippen LogP contribution in [0.15, 0.2) is 0 Å². The van der Waals surface area contributed by atoms with Crippen molar-refractivity contribution < 1.29 is 4.79 Å². The molecule has 1 unspecified atom stereocenters. The fourth-order valence-electron chi connectivity index (χ4n) is 0.996. The Labute approximate surface area is 69.7 Å². The van der Waals surface area contributed by atoms with E-state index in [2.05, 4.69) is 0 Å². The molecule has 1 atom stereocenters. The Kier molecular flexibility index (Phi) is 2.11. The van der Waals surface area contributed by atoms with E-state index in [1.807, 2.05) is 0 Å². The third kappa shape index (κ3) is 1.10. The number of hydrogen-bond donors (Lipinski definition) is 1. The molecule has 1 saturated carbocycles. The van der Waals surface area contributed by atoms with Gasteiger partial charge in [0.2, 0.25) is 5.91 Å². The molecule has 0 heterocycles. The van der Waals surface area contributed by atoms with Crippen LogP contribution in [0.4, 0.5) is 0 Å². The molecule has 1 amide bonds. The van der Waals surface area contributed by atoms with Gasteiger partial charge in [-0.25, -0.2) is 0 Å². The summed E-state index contributed by atoms with van der Waals surface area (Å²) < 4.78 is 0. The van der Waals surface area contributed by atoms with Crippen LogP contribution in [-0.2, 0) is 4.79 Å². The Morgan fingerprint density at radius 3 is 2.30 bits per heavy atom. The minimum absolute atomic E-state index is 0.285. The van der Waals surface area contributed by atoms with E-state index < -0.39 is 5.41 Å². The van der Waals surface area contributed by atoms with Crippen LogP contribution >= 0.6 is 23.2 Å². The molecular weight excluding hydrogens is 173 g/mol. The van der Waals surface area contributed by atoms with Crippen LogP contribution in [-0.4, -0.2) is 17.2 Å². The van der Waals surface area contributed by atoms with Crippen LogP contribution in [0.1, 0.15) is 12.8 Å². The van der Waals surface area contributed by atoms with Gasteiger partial charge in [0, 0.05) is 5.88 Å². The molecule has 0 bridgehead atoms. The van der Waals surface area contributed by atoms with E-state index in [9.17, 15) is 4.79 Å². The first kappa shape index (κ1) is 8.15. The smallest absolute Gasteiger partial charge is 0.225 e. The Morgan fingerprint density at radius 1 is 1.70 bits per heavy atom. The molecule has 4 heteroatoms. The van der Waals surface area contributed by atoms with Crippen LogP contribution in [0.5, 0.6) is 0 Å². The number of carbonyl (C=O) groups excluding carboxylic acids is 1. The van der Waals surface area contributed by atoms with E-state index in [1.165, 1.54) is 0 Å². The SMILES string of the molecule is NC(=O)C1(C(Cl)CCl)CC1. The standard InChI is InChI=1S/C6H9Cl2NO/c7-3-4(8)6(1-2-6)5(9)10/h4H,1-3H2,(H2,9,10). The number of carbonyl (C=O) groups is 1. The first-order chi connectivity index (χ1) is 4.63. The normalized spacial score (nSPS) is 23.8. The highest BCUT2D eigenvalue weighted by atomic mass is 35.5. The van der Waals surface area contributed by atoms with E-state index in [4.69, 9.17) is 28.9 Å². The maximum Gasteiger partial charge on any atom is 0.225 e. The van der Waals surface area contributed by atoms with Crippen molar-refractivity contribution in [3.8, 4) is 0 Å². The number of halogens is 2. The van der Waals surface area contributed by atoms with E-state index in [0.29, 0.717) is 5.88 Å². The molecule has 0 aromatic carbocycles. The topological polar surface area (TPSA) is 43.1 Å². The number of rotatable bonds is 3. The van der Waals surface area contributed by atoms with Gasteiger partial charge in [-0.15, -0.1) is 23.2 Å². The van der Waals surface area contributed by atoms with Crippen molar-refractivity contribution in [3.63, 3.8) is 0 Å². The first-order valence-corrected chi connectivity index (χ1v) is 4.10. The molecular formula is C6H9Cl2NO. The van der Waals surface area contributed by atoms with Crippen molar-refractivity contribution in [1.82, 2.24) is 0 Å². The number of primary amides is 1. The second kappa shape index (κ2) is 2.59. The summed E-state index contributed by atoms with van der Waals surface area (Å²) in [6.07, 6.45) is 1.59. The average molecular weight is 182 g/mol. The molecule has 1 aliphatic rings. The maximum atomic E-state index is 10.8. The summed E-state index contributed by atoms with van der Waals surface area (Å²) in [5.41, 5.74) is 4.66. The third-order valence-corrected chi connectivity index (χ3v) is 3.05. The van der Waals surface area contributed by atoms with Gasteiger partial charge >= 0.3 is 0 Å². The predicted molar refractivity (Wildman–Crippen MR) is 41.2 cm³/mol. The van der Waals surface area contributed by atoms with Crippen molar-refractivity contribution in [2.45, 2.75) is 18.2 Å². The van der Waals surface area contributed by atoms with E-state index in [1.54, 1.807) is 0 Å². The van der Waals surface area contributed by atoms with Crippen LogP contribution in [0.25, 0.3) is 0 Å². The number of nitrogens with two attached hydrogens (primary N) is 1. The highest BCUT2D eigenvalue weighted by Gasteiger charge is 2.53. The minimum atomic E-state index is -0.469. The second-order valence-electron chi connectivity index (χ2n) is 2.64. The van der Waals surface area contributed by atoms with Crippen molar-refractivity contribution in [3.05, 3.63) is 0 Å². The van der Waals surface area contributed by atoms with E-state index in [-0.39, 0.29) is 11.3 Å². The summed E-state index contributed by atoms with van der Waals surface area (Å²) in [4.78, 5) is 10.8. The molecule has 2 N–H and O–H groups in total. The van der Waals surface area contributed by atoms with Crippen molar-refractivity contribution in [2.75, 3.05) is 5.88 Å². The fourth-order valence-corrected chi connectivity index (χ4v) is 1.62. The molecule has 2 nitrogen and oxygen atoms in total. The van der Waals surface area contributed by atoms with Crippen LogP contribution in [0.3, 0.4) is 0 Å². The lowest BCUT2D eigenvalue weighted by atomic mass is 10.0. The minimum Gasteiger partial charge on any atom is -0.369 e. The van der Waals surface area contributed by atoms with E-state index in [0.717, 1.165) is 12.8 Å². The molecule has 1 fully saturated rings. The molecule has 0 radical (unpaired) electrons. The van der Waals surface area contributed by atoms with Crippen LogP contribution in [0, 0.1) is 5.41 Å². The van der Waals surface area contributed by atoms with Crippen molar-refractivity contribution >= 4 is 29.1 Å². The average Bonchev–Trinajstić information content (AvgIpc) is 2.65. The molecule has 1 aliphatic carbocycles. The third-order valence-electron chi connectivity index (χ3n) is 2.01. The summed E-state index contributed by atoms with van der Waals surface area (Å²) in [6, 6.07) is 0. The van der Waals surface area contributed by atoms with Gasteiger partial charge in [-0.05, 0) is 12.8 Å². The van der Waals surface area contributed by atoms with Crippen LogP contribution < -0.4 is 5.73 Å². The molecule has 0 spiro atoms. The number of amides is 1. The Morgan fingerprint density at radius 2 is 2.20 bits per heavy atom. The van der Waals surface area contributed by atoms with Crippen LogP contribution in [0.2, 0.25) is 0 Å². The van der Waals surface area contributed by atoms with Gasteiger partial charge in [0.1, 0.15) is 0 Å². The molecule has 0 aliphatic heterocycles. The summed E-state index contributed by atoms with van der Waals surface area (Å²) in [6.45, 7) is 0. The monoisotopic (exact) mass is 181 g/mol. The first-order valence-electron chi connectivity index (χ1n) is 3.13. The van der Waals surface area contributed by atoms with Gasteiger partial charge in [0.15, 0.2) is 0 Å². The van der Waals surface area contributed by atoms with Gasteiger partial charge < -0.3 is 5.73 Å². The fraction of sp³-hybridized carbons (Fsp3) is 0.833. The molecule has 1 rings (SSSR count). The van der Waals surface area contributed by atoms with Crippen molar-refractivity contribution in [2.24, 2.45) is 11.1 Å². The van der Waals surface area contributed by atoms with Gasteiger partial charge in [0.05, 0.1) is 10.8 Å². The maximum absolute atomic E-state index is 10.8.